The molecule has 0 amide bonds. The van der Waals surface area contributed by atoms with Crippen LogP contribution in [0.4, 0.5) is 0 Å². The lowest BCUT2D eigenvalue weighted by molar-refractivity contribution is 0.462. The third-order valence-corrected chi connectivity index (χ3v) is 5.99. The average molecular weight is 393 g/mol. The van der Waals surface area contributed by atoms with Gasteiger partial charge in [-0.25, -0.2) is 8.42 Å². The number of sulfonamides is 1. The van der Waals surface area contributed by atoms with Gasteiger partial charge < -0.3 is 0 Å². The number of benzene rings is 1. The van der Waals surface area contributed by atoms with E-state index in [1.165, 1.54) is 11.4 Å². The van der Waals surface area contributed by atoms with Crippen LogP contribution in [-0.4, -0.2) is 30.0 Å². The van der Waals surface area contributed by atoms with Crippen LogP contribution in [0.1, 0.15) is 16.8 Å². The van der Waals surface area contributed by atoms with E-state index in [1.54, 1.807) is 6.92 Å². The molecule has 5 nitrogen and oxygen atoms in total. The first-order valence-corrected chi connectivity index (χ1v) is 8.94. The molecular formula is C13H15BrClN3O2S. The third-order valence-electron chi connectivity index (χ3n) is 3.18. The van der Waals surface area contributed by atoms with Crippen molar-refractivity contribution in [2.75, 3.05) is 7.05 Å². The minimum absolute atomic E-state index is 0.00967. The number of alkyl halides is 1. The van der Waals surface area contributed by atoms with Gasteiger partial charge in [-0.1, -0.05) is 34.1 Å². The first-order valence-electron chi connectivity index (χ1n) is 6.17. The molecule has 0 saturated heterocycles. The fraction of sp³-hybridized carbons (Fsp3) is 0.308. The number of hydrogen-bond donors (Lipinski definition) is 1. The second-order valence-corrected chi connectivity index (χ2v) is 7.70. The number of H-pyrrole nitrogens is 1. The van der Waals surface area contributed by atoms with E-state index in [1.807, 2.05) is 24.3 Å². The molecule has 0 unspecified atom stereocenters. The average Bonchev–Trinajstić information content (AvgIpc) is 2.82. The molecule has 0 atom stereocenters. The zero-order valence-corrected chi connectivity index (χ0v) is 14.8. The summed E-state index contributed by atoms with van der Waals surface area (Å²) >= 11 is 9.24. The number of aromatic nitrogens is 2. The van der Waals surface area contributed by atoms with Crippen molar-refractivity contribution in [1.29, 1.82) is 0 Å². The van der Waals surface area contributed by atoms with Gasteiger partial charge in [0.05, 0.1) is 5.88 Å². The van der Waals surface area contributed by atoms with Gasteiger partial charge in [0.15, 0.2) is 5.03 Å². The number of rotatable bonds is 5. The highest BCUT2D eigenvalue weighted by Crippen LogP contribution is 2.24. The highest BCUT2D eigenvalue weighted by atomic mass is 79.9. The van der Waals surface area contributed by atoms with Crippen molar-refractivity contribution in [3.05, 3.63) is 45.6 Å². The van der Waals surface area contributed by atoms with E-state index in [0.717, 1.165) is 10.0 Å². The second-order valence-electron chi connectivity index (χ2n) is 4.62. The minimum Gasteiger partial charge on any atom is -0.281 e. The van der Waals surface area contributed by atoms with E-state index >= 15 is 0 Å². The maximum absolute atomic E-state index is 12.6. The molecule has 1 heterocycles. The maximum Gasteiger partial charge on any atom is 0.262 e. The molecule has 2 rings (SSSR count). The van der Waals surface area contributed by atoms with Gasteiger partial charge in [-0.15, -0.1) is 11.6 Å². The van der Waals surface area contributed by atoms with Gasteiger partial charge in [0.1, 0.15) is 0 Å². The Kier molecular flexibility index (Phi) is 5.08. The summed E-state index contributed by atoms with van der Waals surface area (Å²) in [5.74, 6) is 0.0970. The van der Waals surface area contributed by atoms with Crippen LogP contribution in [-0.2, 0) is 22.4 Å². The molecule has 0 aliphatic carbocycles. The SMILES string of the molecule is Cc1[nH]nc(S(=O)(=O)N(C)Cc2ccccc2Br)c1CCl. The highest BCUT2D eigenvalue weighted by molar-refractivity contribution is 9.10. The molecule has 0 bridgehead atoms. The highest BCUT2D eigenvalue weighted by Gasteiger charge is 2.28. The van der Waals surface area contributed by atoms with Gasteiger partial charge in [-0.2, -0.15) is 9.40 Å². The summed E-state index contributed by atoms with van der Waals surface area (Å²) in [5, 5.41) is 6.56. The molecule has 0 radical (unpaired) electrons. The molecule has 0 fully saturated rings. The van der Waals surface area contributed by atoms with Crippen LogP contribution >= 0.6 is 27.5 Å². The van der Waals surface area contributed by atoms with Crippen molar-refractivity contribution in [3.63, 3.8) is 0 Å². The summed E-state index contributed by atoms with van der Waals surface area (Å²) in [4.78, 5) is 0. The van der Waals surface area contributed by atoms with E-state index in [2.05, 4.69) is 26.1 Å². The monoisotopic (exact) mass is 391 g/mol. The molecule has 21 heavy (non-hydrogen) atoms. The Hall–Kier alpha value is -0.890. The lowest BCUT2D eigenvalue weighted by atomic mass is 10.2. The minimum atomic E-state index is -3.69. The number of aryl methyl sites for hydroxylation is 1. The summed E-state index contributed by atoms with van der Waals surface area (Å²) < 4.78 is 27.3. The second kappa shape index (κ2) is 6.48. The Morgan fingerprint density at radius 3 is 2.67 bits per heavy atom. The van der Waals surface area contributed by atoms with Gasteiger partial charge in [-0.3, -0.25) is 5.10 Å². The van der Waals surface area contributed by atoms with Crippen LogP contribution in [0.5, 0.6) is 0 Å². The quantitative estimate of drug-likeness (QED) is 0.795. The number of nitrogens with zero attached hydrogens (tertiary/aromatic N) is 2. The molecule has 1 N–H and O–H groups in total. The van der Waals surface area contributed by atoms with E-state index in [-0.39, 0.29) is 17.5 Å². The third kappa shape index (κ3) is 3.31. The molecule has 1 aromatic heterocycles. The van der Waals surface area contributed by atoms with Crippen molar-refractivity contribution in [2.45, 2.75) is 24.4 Å². The fourth-order valence-electron chi connectivity index (χ4n) is 1.90. The van der Waals surface area contributed by atoms with Gasteiger partial charge >= 0.3 is 0 Å². The van der Waals surface area contributed by atoms with Crippen molar-refractivity contribution in [1.82, 2.24) is 14.5 Å². The van der Waals surface area contributed by atoms with Gasteiger partial charge in [0.2, 0.25) is 0 Å². The Morgan fingerprint density at radius 2 is 2.05 bits per heavy atom. The first-order chi connectivity index (χ1) is 9.87. The molecule has 0 spiro atoms. The topological polar surface area (TPSA) is 66.1 Å². The molecule has 0 aliphatic heterocycles. The summed E-state index contributed by atoms with van der Waals surface area (Å²) in [6.45, 7) is 1.99. The molecule has 1 aromatic carbocycles. The summed E-state index contributed by atoms with van der Waals surface area (Å²) in [6, 6.07) is 7.49. The van der Waals surface area contributed by atoms with Crippen molar-refractivity contribution >= 4 is 37.6 Å². The standard InChI is InChI=1S/C13H15BrClN3O2S/c1-9-11(7-15)13(17-16-9)21(19,20)18(2)8-10-5-3-4-6-12(10)14/h3-6H,7-8H2,1-2H3,(H,16,17). The van der Waals surface area contributed by atoms with Crippen molar-refractivity contribution in [2.24, 2.45) is 0 Å². The summed E-state index contributed by atoms with van der Waals surface area (Å²) in [6.07, 6.45) is 0. The Labute approximate surface area is 137 Å². The molecule has 114 valence electrons. The Balaban J connectivity index is 2.33. The Bertz CT molecular complexity index is 746. The van der Waals surface area contributed by atoms with E-state index < -0.39 is 10.0 Å². The van der Waals surface area contributed by atoms with Crippen LogP contribution in [0, 0.1) is 6.92 Å². The van der Waals surface area contributed by atoms with E-state index in [9.17, 15) is 8.42 Å². The largest absolute Gasteiger partial charge is 0.281 e. The van der Waals surface area contributed by atoms with E-state index in [0.29, 0.717) is 11.3 Å². The fourth-order valence-corrected chi connectivity index (χ4v) is 4.02. The zero-order valence-electron chi connectivity index (χ0n) is 11.6. The maximum atomic E-state index is 12.6. The van der Waals surface area contributed by atoms with E-state index in [4.69, 9.17) is 11.6 Å². The van der Waals surface area contributed by atoms with Crippen molar-refractivity contribution < 1.29 is 8.42 Å². The van der Waals surface area contributed by atoms with Gasteiger partial charge in [0, 0.05) is 29.3 Å². The molecule has 2 aromatic rings. The van der Waals surface area contributed by atoms with Crippen LogP contribution in [0.3, 0.4) is 0 Å². The van der Waals surface area contributed by atoms with Crippen molar-refractivity contribution in [3.8, 4) is 0 Å². The number of halogens is 2. The predicted octanol–water partition coefficient (Wildman–Crippen LogP) is 3.04. The number of nitrogens with one attached hydrogen (secondary N) is 1. The van der Waals surface area contributed by atoms with Gasteiger partial charge in [-0.05, 0) is 18.6 Å². The number of hydrogen-bond acceptors (Lipinski definition) is 3. The lowest BCUT2D eigenvalue weighted by Gasteiger charge is -2.17. The smallest absolute Gasteiger partial charge is 0.262 e. The van der Waals surface area contributed by atoms with Crippen LogP contribution in [0.2, 0.25) is 0 Å². The molecule has 0 aliphatic rings. The zero-order chi connectivity index (χ0) is 15.6. The number of aromatic amines is 1. The predicted molar refractivity (Wildman–Crippen MR) is 85.7 cm³/mol. The summed E-state index contributed by atoms with van der Waals surface area (Å²) in [7, 11) is -2.17. The van der Waals surface area contributed by atoms with Crippen LogP contribution in [0.25, 0.3) is 0 Å². The molecule has 8 heteroatoms. The van der Waals surface area contributed by atoms with Crippen LogP contribution < -0.4 is 0 Å². The van der Waals surface area contributed by atoms with Crippen LogP contribution in [0.15, 0.2) is 33.8 Å². The van der Waals surface area contributed by atoms with Gasteiger partial charge in [0.25, 0.3) is 10.0 Å². The Morgan fingerprint density at radius 1 is 1.38 bits per heavy atom. The molecular weight excluding hydrogens is 378 g/mol. The summed E-state index contributed by atoms with van der Waals surface area (Å²) in [5.41, 5.74) is 2.05. The first kappa shape index (κ1) is 16.5. The normalized spacial score (nSPS) is 12.0. The lowest BCUT2D eigenvalue weighted by Crippen LogP contribution is -2.27. The molecule has 0 saturated carbocycles.